The van der Waals surface area contributed by atoms with E-state index >= 15 is 0 Å². The lowest BCUT2D eigenvalue weighted by Gasteiger charge is -2.26. The summed E-state index contributed by atoms with van der Waals surface area (Å²) in [6.45, 7) is 0. The Bertz CT molecular complexity index is 963. The minimum absolute atomic E-state index is 0.0662. The summed E-state index contributed by atoms with van der Waals surface area (Å²) in [5, 5.41) is 3.36. The summed E-state index contributed by atoms with van der Waals surface area (Å²) in [5.41, 5.74) is 10.1. The summed E-state index contributed by atoms with van der Waals surface area (Å²) in [5.74, 6) is 0.841. The summed E-state index contributed by atoms with van der Waals surface area (Å²) in [7, 11) is 0. The SMILES string of the molecule is Nc1ccc(-c2cccc(C(Cc3ccccc3)NC(=O)C3CCCCC3)c2)cn1. The van der Waals surface area contributed by atoms with Gasteiger partial charge in [0.2, 0.25) is 5.91 Å². The van der Waals surface area contributed by atoms with Crippen LogP contribution in [-0.4, -0.2) is 10.9 Å². The Morgan fingerprint density at radius 3 is 2.50 bits per heavy atom. The van der Waals surface area contributed by atoms with E-state index in [0.717, 1.165) is 48.8 Å². The third kappa shape index (κ3) is 5.07. The number of benzene rings is 2. The van der Waals surface area contributed by atoms with Crippen LogP contribution in [0.5, 0.6) is 0 Å². The molecule has 0 radical (unpaired) electrons. The van der Waals surface area contributed by atoms with Crippen molar-refractivity contribution in [3.8, 4) is 11.1 Å². The minimum Gasteiger partial charge on any atom is -0.384 e. The maximum absolute atomic E-state index is 13.0. The molecule has 1 unspecified atom stereocenters. The first-order chi connectivity index (χ1) is 14.7. The van der Waals surface area contributed by atoms with Crippen molar-refractivity contribution in [1.82, 2.24) is 10.3 Å². The molecule has 1 heterocycles. The van der Waals surface area contributed by atoms with Crippen molar-refractivity contribution >= 4 is 11.7 Å². The lowest BCUT2D eigenvalue weighted by Crippen LogP contribution is -2.35. The van der Waals surface area contributed by atoms with Crippen LogP contribution in [0, 0.1) is 5.92 Å². The van der Waals surface area contributed by atoms with Crippen molar-refractivity contribution in [2.75, 3.05) is 5.73 Å². The molecule has 3 aromatic rings. The minimum atomic E-state index is -0.0662. The number of pyridine rings is 1. The molecule has 1 atom stereocenters. The molecule has 1 aliphatic carbocycles. The standard InChI is InChI=1S/C26H29N3O/c27-25-15-14-23(18-28-25)21-12-7-13-22(17-21)24(16-19-8-3-1-4-9-19)29-26(30)20-10-5-2-6-11-20/h1,3-4,7-9,12-15,17-18,20,24H,2,5-6,10-11,16H2,(H2,27,28)(H,29,30). The fourth-order valence-corrected chi connectivity index (χ4v) is 4.27. The quantitative estimate of drug-likeness (QED) is 0.590. The molecule has 30 heavy (non-hydrogen) atoms. The Kier molecular flexibility index (Phi) is 6.43. The van der Waals surface area contributed by atoms with Crippen LogP contribution in [0.3, 0.4) is 0 Å². The zero-order valence-corrected chi connectivity index (χ0v) is 17.3. The summed E-state index contributed by atoms with van der Waals surface area (Å²) in [6, 6.07) is 22.5. The summed E-state index contributed by atoms with van der Waals surface area (Å²) in [4.78, 5) is 17.2. The number of anilines is 1. The average Bonchev–Trinajstić information content (AvgIpc) is 2.80. The number of carbonyl (C=O) groups excluding carboxylic acids is 1. The van der Waals surface area contributed by atoms with Crippen LogP contribution in [0.4, 0.5) is 5.82 Å². The Labute approximate surface area is 178 Å². The fourth-order valence-electron chi connectivity index (χ4n) is 4.27. The Morgan fingerprint density at radius 1 is 0.967 bits per heavy atom. The van der Waals surface area contributed by atoms with E-state index in [9.17, 15) is 4.79 Å². The number of hydrogen-bond donors (Lipinski definition) is 2. The molecule has 1 aromatic heterocycles. The second-order valence-electron chi connectivity index (χ2n) is 8.18. The molecule has 1 amide bonds. The zero-order valence-electron chi connectivity index (χ0n) is 17.3. The number of nitrogens with zero attached hydrogens (tertiary/aromatic N) is 1. The third-order valence-corrected chi connectivity index (χ3v) is 5.98. The highest BCUT2D eigenvalue weighted by Gasteiger charge is 2.24. The summed E-state index contributed by atoms with van der Waals surface area (Å²) >= 11 is 0. The van der Waals surface area contributed by atoms with Gasteiger partial charge in [0.15, 0.2) is 0 Å². The highest BCUT2D eigenvalue weighted by molar-refractivity contribution is 5.79. The average molecular weight is 400 g/mol. The molecule has 154 valence electrons. The Hall–Kier alpha value is -3.14. The molecular weight excluding hydrogens is 370 g/mol. The number of rotatable bonds is 6. The van der Waals surface area contributed by atoms with Gasteiger partial charge in [0.05, 0.1) is 6.04 Å². The predicted octanol–water partition coefficient (Wildman–Crippen LogP) is 5.31. The number of hydrogen-bond acceptors (Lipinski definition) is 3. The van der Waals surface area contributed by atoms with Crippen molar-refractivity contribution < 1.29 is 4.79 Å². The van der Waals surface area contributed by atoms with E-state index in [1.807, 2.05) is 36.4 Å². The van der Waals surface area contributed by atoms with Gasteiger partial charge in [0.25, 0.3) is 0 Å². The number of amides is 1. The first-order valence-corrected chi connectivity index (χ1v) is 10.9. The molecule has 1 aliphatic rings. The van der Waals surface area contributed by atoms with Gasteiger partial charge in [0, 0.05) is 17.7 Å². The van der Waals surface area contributed by atoms with Gasteiger partial charge in [-0.15, -0.1) is 0 Å². The van der Waals surface area contributed by atoms with Gasteiger partial charge in [-0.25, -0.2) is 4.98 Å². The first kappa shape index (κ1) is 20.1. The smallest absolute Gasteiger partial charge is 0.223 e. The van der Waals surface area contributed by atoms with Gasteiger partial charge in [-0.3, -0.25) is 4.79 Å². The summed E-state index contributed by atoms with van der Waals surface area (Å²) < 4.78 is 0. The molecule has 0 saturated heterocycles. The van der Waals surface area contributed by atoms with Crippen LogP contribution in [0.25, 0.3) is 11.1 Å². The molecule has 1 fully saturated rings. The molecule has 4 nitrogen and oxygen atoms in total. The van der Waals surface area contributed by atoms with Gasteiger partial charge >= 0.3 is 0 Å². The van der Waals surface area contributed by atoms with Crippen LogP contribution in [0.15, 0.2) is 72.9 Å². The van der Waals surface area contributed by atoms with Crippen molar-refractivity contribution in [3.05, 3.63) is 84.1 Å². The normalized spacial score (nSPS) is 15.5. The number of aromatic nitrogens is 1. The van der Waals surface area contributed by atoms with E-state index in [2.05, 4.69) is 40.6 Å². The van der Waals surface area contributed by atoms with Gasteiger partial charge in [0.1, 0.15) is 5.82 Å². The Balaban J connectivity index is 1.60. The van der Waals surface area contributed by atoms with Gasteiger partial charge in [-0.05, 0) is 54.2 Å². The van der Waals surface area contributed by atoms with E-state index in [1.165, 1.54) is 12.0 Å². The third-order valence-electron chi connectivity index (χ3n) is 5.98. The van der Waals surface area contributed by atoms with E-state index in [1.54, 1.807) is 6.20 Å². The topological polar surface area (TPSA) is 68.0 Å². The van der Waals surface area contributed by atoms with E-state index in [-0.39, 0.29) is 17.9 Å². The number of nitrogens with one attached hydrogen (secondary N) is 1. The van der Waals surface area contributed by atoms with Crippen molar-refractivity contribution in [3.63, 3.8) is 0 Å². The monoisotopic (exact) mass is 399 g/mol. The summed E-state index contributed by atoms with van der Waals surface area (Å²) in [6.07, 6.45) is 8.11. The van der Waals surface area contributed by atoms with Gasteiger partial charge < -0.3 is 11.1 Å². The number of carbonyl (C=O) groups is 1. The molecule has 2 aromatic carbocycles. The molecule has 3 N–H and O–H groups in total. The fraction of sp³-hybridized carbons (Fsp3) is 0.308. The van der Waals surface area contributed by atoms with Crippen molar-refractivity contribution in [2.45, 2.75) is 44.6 Å². The van der Waals surface area contributed by atoms with E-state index < -0.39 is 0 Å². The van der Waals surface area contributed by atoms with Crippen LogP contribution in [0.1, 0.15) is 49.3 Å². The second-order valence-corrected chi connectivity index (χ2v) is 8.18. The van der Waals surface area contributed by atoms with Crippen molar-refractivity contribution in [1.29, 1.82) is 0 Å². The molecule has 0 bridgehead atoms. The molecule has 4 rings (SSSR count). The molecule has 4 heteroatoms. The second kappa shape index (κ2) is 9.57. The van der Waals surface area contributed by atoms with Crippen LogP contribution < -0.4 is 11.1 Å². The van der Waals surface area contributed by atoms with Crippen molar-refractivity contribution in [2.24, 2.45) is 5.92 Å². The number of nitrogen functional groups attached to an aromatic ring is 1. The van der Waals surface area contributed by atoms with Gasteiger partial charge in [-0.1, -0.05) is 67.8 Å². The van der Waals surface area contributed by atoms with E-state index in [0.29, 0.717) is 5.82 Å². The Morgan fingerprint density at radius 2 is 1.77 bits per heavy atom. The highest BCUT2D eigenvalue weighted by atomic mass is 16.1. The van der Waals surface area contributed by atoms with Crippen LogP contribution in [0.2, 0.25) is 0 Å². The maximum Gasteiger partial charge on any atom is 0.223 e. The molecule has 0 spiro atoms. The predicted molar refractivity (Wildman–Crippen MR) is 122 cm³/mol. The van der Waals surface area contributed by atoms with Crippen LogP contribution in [-0.2, 0) is 11.2 Å². The first-order valence-electron chi connectivity index (χ1n) is 10.9. The number of nitrogens with two attached hydrogens (primary N) is 1. The molecule has 1 saturated carbocycles. The van der Waals surface area contributed by atoms with E-state index in [4.69, 9.17) is 5.73 Å². The zero-order chi connectivity index (χ0) is 20.8. The van der Waals surface area contributed by atoms with Gasteiger partial charge in [-0.2, -0.15) is 0 Å². The highest BCUT2D eigenvalue weighted by Crippen LogP contribution is 2.28. The maximum atomic E-state index is 13.0. The lowest BCUT2D eigenvalue weighted by molar-refractivity contribution is -0.126. The largest absolute Gasteiger partial charge is 0.384 e. The molecule has 0 aliphatic heterocycles. The molecular formula is C26H29N3O. The lowest BCUT2D eigenvalue weighted by atomic mass is 9.88. The van der Waals surface area contributed by atoms with Crippen LogP contribution >= 0.6 is 0 Å².